The van der Waals surface area contributed by atoms with E-state index in [0.29, 0.717) is 24.2 Å². The molecule has 1 aliphatic heterocycles. The van der Waals surface area contributed by atoms with E-state index in [-0.39, 0.29) is 24.3 Å². The molecule has 5 heteroatoms. The van der Waals surface area contributed by atoms with E-state index in [4.69, 9.17) is 0 Å². The highest BCUT2D eigenvalue weighted by atomic mass is 16.3. The van der Waals surface area contributed by atoms with Crippen LogP contribution in [0.4, 0.5) is 5.69 Å². The van der Waals surface area contributed by atoms with Crippen LogP contribution in [0.2, 0.25) is 0 Å². The van der Waals surface area contributed by atoms with E-state index in [1.165, 1.54) is 0 Å². The Morgan fingerprint density at radius 1 is 1.41 bits per heavy atom. The molecule has 1 unspecified atom stereocenters. The Balaban J connectivity index is 2.20. The number of carbonyl (C=O) groups is 2. The van der Waals surface area contributed by atoms with Crippen LogP contribution in [-0.2, 0) is 4.79 Å². The number of carbonyl (C=O) groups excluding carboxylic acids is 2. The fourth-order valence-corrected chi connectivity index (χ4v) is 2.50. The van der Waals surface area contributed by atoms with Crippen molar-refractivity contribution in [2.24, 2.45) is 5.92 Å². The molecule has 2 N–H and O–H groups in total. The quantitative estimate of drug-likeness (QED) is 0.872. The molecule has 1 aromatic rings. The van der Waals surface area contributed by atoms with Crippen LogP contribution in [0, 0.1) is 12.8 Å². The summed E-state index contributed by atoms with van der Waals surface area (Å²) in [6.07, 6.45) is 0.770. The molecule has 22 heavy (non-hydrogen) atoms. The van der Waals surface area contributed by atoms with Crippen molar-refractivity contribution in [3.05, 3.63) is 29.3 Å². The third-order valence-electron chi connectivity index (χ3n) is 4.00. The molecule has 2 rings (SSSR count). The lowest BCUT2D eigenvalue weighted by Gasteiger charge is -2.21. The zero-order chi connectivity index (χ0) is 16.3. The second-order valence-electron chi connectivity index (χ2n) is 6.19. The lowest BCUT2D eigenvalue weighted by molar-refractivity contribution is -0.117. The van der Waals surface area contributed by atoms with E-state index in [0.717, 1.165) is 12.0 Å². The largest absolute Gasteiger partial charge is 0.391 e. The summed E-state index contributed by atoms with van der Waals surface area (Å²) in [5.74, 6) is -0.115. The van der Waals surface area contributed by atoms with Gasteiger partial charge in [0, 0.05) is 19.5 Å². The highest BCUT2D eigenvalue weighted by molar-refractivity contribution is 6.05. The normalized spacial score (nSPS) is 16.2. The molecule has 1 heterocycles. The first kappa shape index (κ1) is 16.5. The highest BCUT2D eigenvalue weighted by Gasteiger charge is 2.26. The molecule has 0 spiro atoms. The van der Waals surface area contributed by atoms with Gasteiger partial charge in [-0.1, -0.05) is 25.5 Å². The molecule has 0 aromatic heterocycles. The van der Waals surface area contributed by atoms with Crippen LogP contribution in [-0.4, -0.2) is 36.1 Å². The zero-order valence-electron chi connectivity index (χ0n) is 13.4. The van der Waals surface area contributed by atoms with E-state index in [2.05, 4.69) is 5.32 Å². The number of aliphatic hydroxyl groups excluding tert-OH is 1. The summed E-state index contributed by atoms with van der Waals surface area (Å²) in [6, 6.07) is 5.52. The third kappa shape index (κ3) is 3.65. The summed E-state index contributed by atoms with van der Waals surface area (Å²) in [4.78, 5) is 26.1. The molecule has 0 radical (unpaired) electrons. The maximum atomic E-state index is 12.4. The summed E-state index contributed by atoms with van der Waals surface area (Å²) < 4.78 is 0. The van der Waals surface area contributed by atoms with Crippen molar-refractivity contribution in [2.75, 3.05) is 18.0 Å². The van der Waals surface area contributed by atoms with Gasteiger partial charge < -0.3 is 15.3 Å². The molecule has 2 amide bonds. The van der Waals surface area contributed by atoms with Gasteiger partial charge >= 0.3 is 0 Å². The Labute approximate surface area is 131 Å². The second kappa shape index (κ2) is 6.92. The first-order valence-corrected chi connectivity index (χ1v) is 7.77. The lowest BCUT2D eigenvalue weighted by atomic mass is 10.1. The van der Waals surface area contributed by atoms with Crippen LogP contribution < -0.4 is 10.2 Å². The summed E-state index contributed by atoms with van der Waals surface area (Å²) in [5, 5.41) is 12.6. The number of nitrogens with one attached hydrogen (secondary N) is 1. The minimum atomic E-state index is -0.578. The predicted octanol–water partition coefficient (Wildman–Crippen LogP) is 1.87. The monoisotopic (exact) mass is 304 g/mol. The van der Waals surface area contributed by atoms with Gasteiger partial charge in [-0.15, -0.1) is 0 Å². The van der Waals surface area contributed by atoms with Gasteiger partial charge in [-0.05, 0) is 31.4 Å². The number of benzene rings is 1. The van der Waals surface area contributed by atoms with Gasteiger partial charge in [-0.2, -0.15) is 0 Å². The van der Waals surface area contributed by atoms with Gasteiger partial charge in [0.05, 0.1) is 17.4 Å². The first-order valence-electron chi connectivity index (χ1n) is 7.77. The topological polar surface area (TPSA) is 69.6 Å². The van der Waals surface area contributed by atoms with Crippen molar-refractivity contribution >= 4 is 17.5 Å². The highest BCUT2D eigenvalue weighted by Crippen LogP contribution is 2.26. The minimum Gasteiger partial charge on any atom is -0.391 e. The van der Waals surface area contributed by atoms with Gasteiger partial charge in [0.1, 0.15) is 0 Å². The molecule has 0 bridgehead atoms. The molecule has 1 atom stereocenters. The molecular formula is C17H24N2O3. The summed E-state index contributed by atoms with van der Waals surface area (Å²) in [7, 11) is 0. The molecule has 0 aliphatic carbocycles. The molecule has 5 nitrogen and oxygen atoms in total. The van der Waals surface area contributed by atoms with Crippen molar-refractivity contribution in [1.29, 1.82) is 0 Å². The number of aliphatic hydroxyl groups is 1. The average Bonchev–Trinajstić information content (AvgIpc) is 2.90. The number of anilines is 1. The second-order valence-corrected chi connectivity index (χ2v) is 6.19. The standard InChI is InChI=1S/C17H24N2O3/c1-11(2)15(20)10-18-17(22)13-9-12(3)6-7-14(13)19-8-4-5-16(19)21/h6-7,9,11,15,20H,4-5,8,10H2,1-3H3,(H,18,22). The lowest BCUT2D eigenvalue weighted by Crippen LogP contribution is -2.36. The van der Waals surface area contributed by atoms with Crippen LogP contribution in [0.25, 0.3) is 0 Å². The van der Waals surface area contributed by atoms with Crippen molar-refractivity contribution < 1.29 is 14.7 Å². The molecule has 1 aliphatic rings. The van der Waals surface area contributed by atoms with Crippen molar-refractivity contribution in [3.63, 3.8) is 0 Å². The molecular weight excluding hydrogens is 280 g/mol. The van der Waals surface area contributed by atoms with Gasteiger partial charge in [-0.25, -0.2) is 0 Å². The predicted molar refractivity (Wildman–Crippen MR) is 85.9 cm³/mol. The zero-order valence-corrected chi connectivity index (χ0v) is 13.4. The number of nitrogens with zero attached hydrogens (tertiary/aromatic N) is 1. The average molecular weight is 304 g/mol. The van der Waals surface area contributed by atoms with E-state index in [9.17, 15) is 14.7 Å². The Morgan fingerprint density at radius 2 is 2.14 bits per heavy atom. The van der Waals surface area contributed by atoms with Crippen molar-refractivity contribution in [2.45, 2.75) is 39.7 Å². The fraction of sp³-hybridized carbons (Fsp3) is 0.529. The molecule has 120 valence electrons. The number of hydrogen-bond acceptors (Lipinski definition) is 3. The van der Waals surface area contributed by atoms with E-state index >= 15 is 0 Å². The van der Waals surface area contributed by atoms with E-state index < -0.39 is 6.10 Å². The fourth-order valence-electron chi connectivity index (χ4n) is 2.50. The summed E-state index contributed by atoms with van der Waals surface area (Å²) in [5.41, 5.74) is 2.11. The van der Waals surface area contributed by atoms with Gasteiger partial charge in [-0.3, -0.25) is 9.59 Å². The summed E-state index contributed by atoms with van der Waals surface area (Å²) >= 11 is 0. The van der Waals surface area contributed by atoms with Crippen molar-refractivity contribution in [1.82, 2.24) is 5.32 Å². The SMILES string of the molecule is Cc1ccc(N2CCCC2=O)c(C(=O)NCC(O)C(C)C)c1. The Kier molecular flexibility index (Phi) is 5.19. The van der Waals surface area contributed by atoms with E-state index in [1.54, 1.807) is 11.0 Å². The molecule has 1 saturated heterocycles. The summed E-state index contributed by atoms with van der Waals surface area (Å²) in [6.45, 7) is 6.57. The smallest absolute Gasteiger partial charge is 0.253 e. The Hall–Kier alpha value is -1.88. The third-order valence-corrected chi connectivity index (χ3v) is 4.00. The Morgan fingerprint density at radius 3 is 2.73 bits per heavy atom. The molecule has 0 saturated carbocycles. The minimum absolute atomic E-state index is 0.0557. The number of amides is 2. The van der Waals surface area contributed by atoms with E-state index in [1.807, 2.05) is 32.9 Å². The van der Waals surface area contributed by atoms with Crippen LogP contribution in [0.1, 0.15) is 42.6 Å². The van der Waals surface area contributed by atoms with Gasteiger partial charge in [0.15, 0.2) is 0 Å². The van der Waals surface area contributed by atoms with Crippen LogP contribution in [0.5, 0.6) is 0 Å². The van der Waals surface area contributed by atoms with Crippen molar-refractivity contribution in [3.8, 4) is 0 Å². The van der Waals surface area contributed by atoms with Gasteiger partial charge in [0.25, 0.3) is 5.91 Å². The first-order chi connectivity index (χ1) is 10.4. The number of hydrogen-bond donors (Lipinski definition) is 2. The van der Waals surface area contributed by atoms with Crippen LogP contribution >= 0.6 is 0 Å². The van der Waals surface area contributed by atoms with Crippen LogP contribution in [0.15, 0.2) is 18.2 Å². The molecule has 1 fully saturated rings. The molecule has 1 aromatic carbocycles. The number of rotatable bonds is 5. The maximum Gasteiger partial charge on any atom is 0.253 e. The number of aryl methyl sites for hydroxylation is 1. The Bertz CT molecular complexity index is 569. The van der Waals surface area contributed by atoms with Gasteiger partial charge in [0.2, 0.25) is 5.91 Å². The maximum absolute atomic E-state index is 12.4. The van der Waals surface area contributed by atoms with Crippen LogP contribution in [0.3, 0.4) is 0 Å².